The lowest BCUT2D eigenvalue weighted by Gasteiger charge is -2.15. The SMILES string of the molecule is N#Cc1cc(-c2ccccc2-c2ccccc2)ccc1-n1c2ccccc2c2c3c(c4ccccc4n3-c3ccccc3)c3c(c4ccccc4n3-c3ccccc3)c21. The van der Waals surface area contributed by atoms with E-state index in [4.69, 9.17) is 0 Å². The molecule has 274 valence electrons. The van der Waals surface area contributed by atoms with E-state index in [9.17, 15) is 5.26 Å². The first-order chi connectivity index (χ1) is 29.3. The molecule has 0 bridgehead atoms. The Morgan fingerprint density at radius 1 is 0.339 bits per heavy atom. The summed E-state index contributed by atoms with van der Waals surface area (Å²) in [6.07, 6.45) is 0. The van der Waals surface area contributed by atoms with Gasteiger partial charge in [0, 0.05) is 43.7 Å². The van der Waals surface area contributed by atoms with Crippen molar-refractivity contribution in [3.8, 4) is 45.4 Å². The molecule has 0 amide bonds. The second kappa shape index (κ2) is 13.0. The molecule has 4 heteroatoms. The maximum atomic E-state index is 11.1. The lowest BCUT2D eigenvalue weighted by Crippen LogP contribution is -2.00. The van der Waals surface area contributed by atoms with E-state index < -0.39 is 0 Å². The molecule has 0 radical (unpaired) electrons. The molecule has 4 nitrogen and oxygen atoms in total. The monoisotopic (exact) mass is 750 g/mol. The molecule has 9 aromatic carbocycles. The second-order valence-corrected chi connectivity index (χ2v) is 15.2. The average Bonchev–Trinajstić information content (AvgIpc) is 3.96. The van der Waals surface area contributed by atoms with Gasteiger partial charge in [-0.05, 0) is 76.9 Å². The topological polar surface area (TPSA) is 38.6 Å². The quantitative estimate of drug-likeness (QED) is 0.173. The first-order valence-electron chi connectivity index (χ1n) is 20.0. The van der Waals surface area contributed by atoms with E-state index in [0.717, 1.165) is 94.0 Å². The van der Waals surface area contributed by atoms with Crippen LogP contribution in [0.2, 0.25) is 0 Å². The minimum absolute atomic E-state index is 0.608. The van der Waals surface area contributed by atoms with Crippen molar-refractivity contribution in [3.63, 3.8) is 0 Å². The molecule has 0 saturated carbocycles. The Morgan fingerprint density at radius 2 is 0.729 bits per heavy atom. The maximum absolute atomic E-state index is 11.1. The molecule has 0 N–H and O–H groups in total. The number of para-hydroxylation sites is 5. The summed E-state index contributed by atoms with van der Waals surface area (Å²) in [5.41, 5.74) is 14.7. The van der Waals surface area contributed by atoms with Gasteiger partial charge >= 0.3 is 0 Å². The fourth-order valence-electron chi connectivity index (χ4n) is 9.68. The van der Waals surface area contributed by atoms with Gasteiger partial charge in [-0.2, -0.15) is 5.26 Å². The molecule has 0 saturated heterocycles. The van der Waals surface area contributed by atoms with Crippen LogP contribution in [0.1, 0.15) is 5.56 Å². The number of hydrogen-bond acceptors (Lipinski definition) is 1. The van der Waals surface area contributed by atoms with Crippen molar-refractivity contribution in [2.24, 2.45) is 0 Å². The molecular weight excluding hydrogens is 717 g/mol. The van der Waals surface area contributed by atoms with Crippen molar-refractivity contribution in [1.82, 2.24) is 13.7 Å². The highest BCUT2D eigenvalue weighted by Crippen LogP contribution is 2.50. The fraction of sp³-hybridized carbons (Fsp3) is 0. The summed E-state index contributed by atoms with van der Waals surface area (Å²) < 4.78 is 7.27. The third-order valence-corrected chi connectivity index (χ3v) is 12.0. The molecule has 59 heavy (non-hydrogen) atoms. The van der Waals surface area contributed by atoms with Crippen molar-refractivity contribution in [2.75, 3.05) is 0 Å². The average molecular weight is 751 g/mol. The molecule has 0 atom stereocenters. The Labute approximate surface area is 340 Å². The van der Waals surface area contributed by atoms with E-state index in [1.54, 1.807) is 0 Å². The van der Waals surface area contributed by atoms with Crippen molar-refractivity contribution in [3.05, 3.63) is 212 Å². The van der Waals surface area contributed by atoms with Crippen LogP contribution in [-0.4, -0.2) is 13.7 Å². The molecule has 12 aromatic rings. The van der Waals surface area contributed by atoms with Gasteiger partial charge in [0.05, 0.1) is 44.4 Å². The molecule has 0 unspecified atom stereocenters. The molecule has 0 fully saturated rings. The molecule has 0 aliphatic heterocycles. The smallest absolute Gasteiger partial charge is 0.101 e. The van der Waals surface area contributed by atoms with E-state index in [1.165, 1.54) is 10.8 Å². The molecule has 0 spiro atoms. The lowest BCUT2D eigenvalue weighted by atomic mass is 9.93. The van der Waals surface area contributed by atoms with Crippen LogP contribution < -0.4 is 0 Å². The van der Waals surface area contributed by atoms with Gasteiger partial charge in [0.2, 0.25) is 0 Å². The number of aromatic nitrogens is 3. The van der Waals surface area contributed by atoms with Gasteiger partial charge in [0.1, 0.15) is 6.07 Å². The normalized spacial score (nSPS) is 11.7. The number of rotatable bonds is 5. The Bertz CT molecular complexity index is 3590. The van der Waals surface area contributed by atoms with Crippen LogP contribution in [-0.2, 0) is 0 Å². The van der Waals surface area contributed by atoms with Crippen LogP contribution in [0.25, 0.3) is 105 Å². The molecule has 12 rings (SSSR count). The van der Waals surface area contributed by atoms with Gasteiger partial charge in [-0.15, -0.1) is 0 Å². The van der Waals surface area contributed by atoms with Gasteiger partial charge in [-0.25, -0.2) is 0 Å². The first kappa shape index (κ1) is 33.1. The summed E-state index contributed by atoms with van der Waals surface area (Å²) in [7, 11) is 0. The first-order valence-corrected chi connectivity index (χ1v) is 20.0. The Hall–Kier alpha value is -8.13. The van der Waals surface area contributed by atoms with Crippen molar-refractivity contribution in [2.45, 2.75) is 0 Å². The zero-order chi connectivity index (χ0) is 39.0. The number of benzene rings is 9. The Kier molecular flexibility index (Phi) is 7.26. The minimum Gasteiger partial charge on any atom is -0.308 e. The number of nitrogens with zero attached hydrogens (tertiary/aromatic N) is 4. The van der Waals surface area contributed by atoms with Crippen LogP contribution >= 0.6 is 0 Å². The predicted octanol–water partition coefficient (Wildman–Crippen LogP) is 14.2. The van der Waals surface area contributed by atoms with Crippen LogP contribution in [0.4, 0.5) is 0 Å². The minimum atomic E-state index is 0.608. The van der Waals surface area contributed by atoms with E-state index in [1.807, 2.05) is 6.07 Å². The van der Waals surface area contributed by atoms with Gasteiger partial charge in [-0.3, -0.25) is 0 Å². The number of nitriles is 1. The highest BCUT2D eigenvalue weighted by molar-refractivity contribution is 6.40. The zero-order valence-electron chi connectivity index (χ0n) is 31.9. The second-order valence-electron chi connectivity index (χ2n) is 15.2. The fourth-order valence-corrected chi connectivity index (χ4v) is 9.68. The molecule has 0 aliphatic carbocycles. The van der Waals surface area contributed by atoms with Gasteiger partial charge in [-0.1, -0.05) is 152 Å². The summed E-state index contributed by atoms with van der Waals surface area (Å²) in [5, 5.41) is 18.1. The summed E-state index contributed by atoms with van der Waals surface area (Å²) in [5.74, 6) is 0. The maximum Gasteiger partial charge on any atom is 0.101 e. The van der Waals surface area contributed by atoms with E-state index in [2.05, 4.69) is 220 Å². The Balaban J connectivity index is 1.30. The summed E-state index contributed by atoms with van der Waals surface area (Å²) in [6, 6.07) is 75.7. The Morgan fingerprint density at radius 3 is 1.22 bits per heavy atom. The van der Waals surface area contributed by atoms with E-state index in [0.29, 0.717) is 5.56 Å². The van der Waals surface area contributed by atoms with E-state index in [-0.39, 0.29) is 0 Å². The standard InChI is InChI=1S/C55H34N4/c56-35-38-34-37(42-25-11-10-24-41(42)36-18-4-1-5-19-36)32-33-46(38)59-49-31-17-14-28-45(49)52-54-50(43-26-12-15-29-47(43)57(54)39-20-6-2-7-21-39)53-51(55(52)59)44-27-13-16-30-48(44)58(53)40-22-8-3-9-23-40/h1-34H. The third kappa shape index (κ3) is 4.76. The summed E-state index contributed by atoms with van der Waals surface area (Å²) >= 11 is 0. The molecule has 3 heterocycles. The molecule has 0 aliphatic rings. The zero-order valence-corrected chi connectivity index (χ0v) is 31.9. The van der Waals surface area contributed by atoms with Crippen LogP contribution in [0.15, 0.2) is 206 Å². The predicted molar refractivity (Wildman–Crippen MR) is 245 cm³/mol. The summed E-state index contributed by atoms with van der Waals surface area (Å²) in [6.45, 7) is 0. The number of fused-ring (bicyclic) bond motifs is 12. The van der Waals surface area contributed by atoms with Gasteiger partial charge in [0.15, 0.2) is 0 Å². The third-order valence-electron chi connectivity index (χ3n) is 12.0. The van der Waals surface area contributed by atoms with Crippen LogP contribution in [0.5, 0.6) is 0 Å². The number of hydrogen-bond donors (Lipinski definition) is 0. The highest BCUT2D eigenvalue weighted by atomic mass is 15.0. The lowest BCUT2D eigenvalue weighted by molar-refractivity contribution is 1.16. The van der Waals surface area contributed by atoms with Crippen molar-refractivity contribution >= 4 is 65.4 Å². The van der Waals surface area contributed by atoms with E-state index >= 15 is 0 Å². The van der Waals surface area contributed by atoms with Crippen molar-refractivity contribution < 1.29 is 0 Å². The molecule has 3 aromatic heterocycles. The van der Waals surface area contributed by atoms with Crippen LogP contribution in [0, 0.1) is 11.3 Å². The molecular formula is C55H34N4. The van der Waals surface area contributed by atoms with Crippen molar-refractivity contribution in [1.29, 1.82) is 5.26 Å². The highest BCUT2D eigenvalue weighted by Gasteiger charge is 2.29. The summed E-state index contributed by atoms with van der Waals surface area (Å²) in [4.78, 5) is 0. The van der Waals surface area contributed by atoms with Gasteiger partial charge in [0.25, 0.3) is 0 Å². The largest absolute Gasteiger partial charge is 0.308 e. The van der Waals surface area contributed by atoms with Gasteiger partial charge < -0.3 is 13.7 Å². The van der Waals surface area contributed by atoms with Crippen LogP contribution in [0.3, 0.4) is 0 Å².